The Labute approximate surface area is 109 Å². The van der Waals surface area contributed by atoms with Crippen LogP contribution in [0.5, 0.6) is 0 Å². The van der Waals surface area contributed by atoms with Crippen molar-refractivity contribution >= 4 is 27.4 Å². The fraction of sp³-hybridized carbons (Fsp3) is 0.900. The minimum atomic E-state index is -3.24. The van der Waals surface area contributed by atoms with Crippen molar-refractivity contribution in [1.29, 1.82) is 0 Å². The lowest BCUT2D eigenvalue weighted by molar-refractivity contribution is 0.375. The summed E-state index contributed by atoms with van der Waals surface area (Å²) in [5.41, 5.74) is 5.33. The molecule has 0 radical (unpaired) electrons. The van der Waals surface area contributed by atoms with Crippen LogP contribution in [0.25, 0.3) is 0 Å². The zero-order valence-corrected chi connectivity index (χ0v) is 12.3. The summed E-state index contributed by atoms with van der Waals surface area (Å²) in [7, 11) is -3.24. The summed E-state index contributed by atoms with van der Waals surface area (Å²) in [5.74, 6) is 0. The van der Waals surface area contributed by atoms with Gasteiger partial charge in [0.25, 0.3) is 10.2 Å². The first-order valence-corrected chi connectivity index (χ1v) is 7.57. The number of hydrogen-bond donors (Lipinski definition) is 1. The molecule has 0 atom stereocenters. The topological polar surface area (TPSA) is 66.6 Å². The highest BCUT2D eigenvalue weighted by atomic mass is 32.2. The minimum absolute atomic E-state index is 0.301. The van der Waals surface area contributed by atoms with Gasteiger partial charge in [0.05, 0.1) is 4.99 Å². The maximum absolute atomic E-state index is 12.0. The van der Waals surface area contributed by atoms with E-state index in [1.165, 1.54) is 8.61 Å². The zero-order chi connectivity index (χ0) is 13.3. The number of likely N-dealkylation sites (N-methyl/N-ethyl adjacent to an activating group) is 1. The van der Waals surface area contributed by atoms with E-state index in [0.717, 1.165) is 0 Å². The zero-order valence-electron chi connectivity index (χ0n) is 10.6. The molecule has 0 spiro atoms. The Hall–Kier alpha value is -0.240. The van der Waals surface area contributed by atoms with E-state index in [2.05, 4.69) is 0 Å². The highest BCUT2D eigenvalue weighted by Gasteiger charge is 2.36. The predicted molar refractivity (Wildman–Crippen MR) is 72.9 cm³/mol. The lowest BCUT2D eigenvalue weighted by atomic mass is 9.89. The predicted octanol–water partition coefficient (Wildman–Crippen LogP) is 0.571. The second-order valence-electron chi connectivity index (χ2n) is 4.90. The van der Waals surface area contributed by atoms with E-state index in [4.69, 9.17) is 18.0 Å². The second kappa shape index (κ2) is 5.17. The maximum Gasteiger partial charge on any atom is 0.282 e. The summed E-state index contributed by atoms with van der Waals surface area (Å²) < 4.78 is 27.0. The lowest BCUT2D eigenvalue weighted by Crippen LogP contribution is -2.37. The van der Waals surface area contributed by atoms with E-state index in [0.29, 0.717) is 37.6 Å². The molecule has 0 aliphatic carbocycles. The van der Waals surface area contributed by atoms with Crippen LogP contribution >= 0.6 is 12.2 Å². The number of nitrogens with zero attached hydrogens (tertiary/aromatic N) is 2. The first-order chi connectivity index (χ1) is 7.71. The van der Waals surface area contributed by atoms with Gasteiger partial charge >= 0.3 is 0 Å². The number of thiocarbonyl (C=S) groups is 1. The molecule has 0 bridgehead atoms. The Bertz CT molecular complexity index is 392. The van der Waals surface area contributed by atoms with Gasteiger partial charge < -0.3 is 5.73 Å². The van der Waals surface area contributed by atoms with Crippen LogP contribution in [-0.2, 0) is 10.2 Å². The van der Waals surface area contributed by atoms with Crippen molar-refractivity contribution in [1.82, 2.24) is 8.61 Å². The van der Waals surface area contributed by atoms with Gasteiger partial charge in [-0.1, -0.05) is 33.0 Å². The van der Waals surface area contributed by atoms with E-state index in [9.17, 15) is 8.42 Å². The van der Waals surface area contributed by atoms with Crippen LogP contribution in [0.3, 0.4) is 0 Å². The Morgan fingerprint density at radius 3 is 2.29 bits per heavy atom. The third-order valence-corrected chi connectivity index (χ3v) is 5.92. The van der Waals surface area contributed by atoms with Crippen LogP contribution < -0.4 is 5.73 Å². The molecule has 0 amide bonds. The van der Waals surface area contributed by atoms with Crippen molar-refractivity contribution in [3.05, 3.63) is 0 Å². The first kappa shape index (κ1) is 14.8. The van der Waals surface area contributed by atoms with Crippen molar-refractivity contribution in [3.63, 3.8) is 0 Å². The van der Waals surface area contributed by atoms with Crippen molar-refractivity contribution < 1.29 is 8.42 Å². The Balaban J connectivity index is 2.64. The smallest absolute Gasteiger partial charge is 0.282 e. The summed E-state index contributed by atoms with van der Waals surface area (Å²) in [6, 6.07) is 0. The standard InChI is InChI=1S/C10H21N3O2S2/c1-4-12-7-8-13(17(12,14)15)6-5-10(2,3)9(11)16/h4-8H2,1-3H3,(H2,11,16). The van der Waals surface area contributed by atoms with Gasteiger partial charge in [-0.25, -0.2) is 0 Å². The summed E-state index contributed by atoms with van der Waals surface area (Å²) in [5, 5.41) is 0. The van der Waals surface area contributed by atoms with Crippen LogP contribution in [0, 0.1) is 5.41 Å². The normalized spacial score (nSPS) is 21.8. The summed E-state index contributed by atoms with van der Waals surface area (Å²) in [6.07, 6.45) is 0.652. The molecule has 100 valence electrons. The van der Waals surface area contributed by atoms with Crippen LogP contribution in [0.15, 0.2) is 0 Å². The largest absolute Gasteiger partial charge is 0.393 e. The van der Waals surface area contributed by atoms with Gasteiger partial charge in [-0.3, -0.25) is 0 Å². The van der Waals surface area contributed by atoms with Gasteiger partial charge in [0.1, 0.15) is 0 Å². The third-order valence-electron chi connectivity index (χ3n) is 3.26. The van der Waals surface area contributed by atoms with Crippen LogP contribution in [0.2, 0.25) is 0 Å². The summed E-state index contributed by atoms with van der Waals surface area (Å²) >= 11 is 4.97. The van der Waals surface area contributed by atoms with Gasteiger partial charge in [-0.15, -0.1) is 0 Å². The van der Waals surface area contributed by atoms with Crippen molar-refractivity contribution in [2.45, 2.75) is 27.2 Å². The molecular weight excluding hydrogens is 258 g/mol. The fourth-order valence-electron chi connectivity index (χ4n) is 1.69. The number of hydrogen-bond acceptors (Lipinski definition) is 3. The monoisotopic (exact) mass is 279 g/mol. The average Bonchev–Trinajstić information content (AvgIpc) is 2.50. The Morgan fingerprint density at radius 1 is 1.35 bits per heavy atom. The molecule has 17 heavy (non-hydrogen) atoms. The van der Waals surface area contributed by atoms with Crippen LogP contribution in [0.4, 0.5) is 0 Å². The summed E-state index contributed by atoms with van der Waals surface area (Å²) in [6.45, 7) is 7.86. The van der Waals surface area contributed by atoms with Gasteiger partial charge in [-0.05, 0) is 6.42 Å². The SMILES string of the molecule is CCN1CCN(CCC(C)(C)C(N)=S)S1(=O)=O. The molecular formula is C10H21N3O2S2. The highest BCUT2D eigenvalue weighted by Crippen LogP contribution is 2.24. The molecule has 7 heteroatoms. The van der Waals surface area contributed by atoms with Crippen molar-refractivity contribution in [3.8, 4) is 0 Å². The van der Waals surface area contributed by atoms with Gasteiger partial charge in [0, 0.05) is 31.6 Å². The number of nitrogens with two attached hydrogens (primary N) is 1. The molecule has 0 unspecified atom stereocenters. The first-order valence-electron chi connectivity index (χ1n) is 5.77. The lowest BCUT2D eigenvalue weighted by Gasteiger charge is -2.25. The van der Waals surface area contributed by atoms with Gasteiger partial charge in [0.2, 0.25) is 0 Å². The Morgan fingerprint density at radius 2 is 1.88 bits per heavy atom. The van der Waals surface area contributed by atoms with Crippen LogP contribution in [0.1, 0.15) is 27.2 Å². The molecule has 1 aliphatic rings. The van der Waals surface area contributed by atoms with Crippen molar-refractivity contribution in [2.24, 2.45) is 11.1 Å². The van der Waals surface area contributed by atoms with E-state index < -0.39 is 10.2 Å². The molecule has 1 fully saturated rings. The second-order valence-corrected chi connectivity index (χ2v) is 7.26. The molecule has 1 aliphatic heterocycles. The molecule has 1 saturated heterocycles. The highest BCUT2D eigenvalue weighted by molar-refractivity contribution is 7.87. The number of rotatable bonds is 5. The molecule has 0 saturated carbocycles. The maximum atomic E-state index is 12.0. The molecule has 0 aromatic carbocycles. The van der Waals surface area contributed by atoms with E-state index in [-0.39, 0.29) is 5.41 Å². The Kier molecular flexibility index (Phi) is 4.51. The van der Waals surface area contributed by atoms with E-state index in [1.807, 2.05) is 20.8 Å². The molecule has 0 aromatic heterocycles. The third kappa shape index (κ3) is 3.15. The van der Waals surface area contributed by atoms with Gasteiger partial charge in [-0.2, -0.15) is 17.0 Å². The minimum Gasteiger partial charge on any atom is -0.393 e. The van der Waals surface area contributed by atoms with E-state index >= 15 is 0 Å². The fourth-order valence-corrected chi connectivity index (χ4v) is 3.39. The quantitative estimate of drug-likeness (QED) is 0.747. The van der Waals surface area contributed by atoms with E-state index in [1.54, 1.807) is 0 Å². The molecule has 5 nitrogen and oxygen atoms in total. The van der Waals surface area contributed by atoms with Crippen molar-refractivity contribution in [2.75, 3.05) is 26.2 Å². The van der Waals surface area contributed by atoms with Gasteiger partial charge in [0.15, 0.2) is 0 Å². The van der Waals surface area contributed by atoms with Crippen LogP contribution in [-0.4, -0.2) is 48.2 Å². The molecule has 0 aromatic rings. The summed E-state index contributed by atoms with van der Waals surface area (Å²) in [4.78, 5) is 0.432. The average molecular weight is 279 g/mol. The molecule has 1 heterocycles. The molecule has 2 N–H and O–H groups in total. The molecule has 1 rings (SSSR count).